The highest BCUT2D eigenvalue weighted by Gasteiger charge is 2.35. The minimum atomic E-state index is 0.502. The molecule has 0 atom stereocenters. The van der Waals surface area contributed by atoms with Crippen LogP contribution in [0.2, 0.25) is 0 Å². The first-order valence-corrected chi connectivity index (χ1v) is 7.89. The fourth-order valence-corrected chi connectivity index (χ4v) is 2.92. The van der Waals surface area contributed by atoms with Crippen molar-refractivity contribution in [3.8, 4) is 11.4 Å². The molecule has 1 aromatic carbocycles. The standard InChI is InChI=1S/C17H24N4O/c1-5-16-18-17(12-10-14(11-12)20(2)3)21(19-16)13-6-8-15(22-4)9-7-13/h6-9,12,14H,5,10-11H2,1-4H3. The summed E-state index contributed by atoms with van der Waals surface area (Å²) in [5.74, 6) is 3.37. The van der Waals surface area contributed by atoms with Gasteiger partial charge in [-0.15, -0.1) is 0 Å². The highest BCUT2D eigenvalue weighted by molar-refractivity contribution is 5.38. The molecular weight excluding hydrogens is 276 g/mol. The average Bonchev–Trinajstić information content (AvgIpc) is 2.89. The van der Waals surface area contributed by atoms with Gasteiger partial charge in [-0.25, -0.2) is 9.67 Å². The molecule has 5 heteroatoms. The predicted molar refractivity (Wildman–Crippen MR) is 86.7 cm³/mol. The number of ether oxygens (including phenoxy) is 1. The summed E-state index contributed by atoms with van der Waals surface area (Å²) in [4.78, 5) is 7.06. The number of nitrogens with zero attached hydrogens (tertiary/aromatic N) is 4. The van der Waals surface area contributed by atoms with Crippen LogP contribution in [0.3, 0.4) is 0 Å². The monoisotopic (exact) mass is 300 g/mol. The maximum Gasteiger partial charge on any atom is 0.151 e. The van der Waals surface area contributed by atoms with Gasteiger partial charge in [0.2, 0.25) is 0 Å². The van der Waals surface area contributed by atoms with Crippen molar-refractivity contribution >= 4 is 0 Å². The van der Waals surface area contributed by atoms with E-state index in [9.17, 15) is 0 Å². The summed E-state index contributed by atoms with van der Waals surface area (Å²) in [7, 11) is 5.97. The van der Waals surface area contributed by atoms with Gasteiger partial charge in [0.15, 0.2) is 5.82 Å². The van der Waals surface area contributed by atoms with Gasteiger partial charge in [-0.05, 0) is 51.2 Å². The molecule has 0 N–H and O–H groups in total. The number of aromatic nitrogens is 3. The van der Waals surface area contributed by atoms with Crippen molar-refractivity contribution in [1.29, 1.82) is 0 Å². The SMILES string of the molecule is CCc1nc(C2CC(N(C)C)C2)n(-c2ccc(OC)cc2)n1. The number of aryl methyl sites for hydroxylation is 1. The fourth-order valence-electron chi connectivity index (χ4n) is 2.92. The molecule has 1 heterocycles. The molecule has 1 aliphatic rings. The number of hydrogen-bond donors (Lipinski definition) is 0. The van der Waals surface area contributed by atoms with E-state index in [0.717, 1.165) is 42.3 Å². The maximum absolute atomic E-state index is 5.23. The van der Waals surface area contributed by atoms with E-state index in [2.05, 4.69) is 31.0 Å². The second-order valence-corrected chi connectivity index (χ2v) is 6.14. The van der Waals surface area contributed by atoms with Gasteiger partial charge in [-0.1, -0.05) is 6.92 Å². The molecule has 118 valence electrons. The van der Waals surface area contributed by atoms with Crippen molar-refractivity contribution < 1.29 is 4.74 Å². The van der Waals surface area contributed by atoms with Crippen LogP contribution in [0, 0.1) is 0 Å². The van der Waals surface area contributed by atoms with Gasteiger partial charge in [-0.3, -0.25) is 0 Å². The maximum atomic E-state index is 5.23. The second-order valence-electron chi connectivity index (χ2n) is 6.14. The molecule has 0 radical (unpaired) electrons. The molecule has 0 amide bonds. The molecule has 2 aromatic rings. The minimum Gasteiger partial charge on any atom is -0.497 e. The summed E-state index contributed by atoms with van der Waals surface area (Å²) in [5, 5.41) is 4.68. The van der Waals surface area contributed by atoms with Crippen LogP contribution in [0.25, 0.3) is 5.69 Å². The van der Waals surface area contributed by atoms with Crippen LogP contribution in [0.15, 0.2) is 24.3 Å². The zero-order valence-electron chi connectivity index (χ0n) is 13.8. The summed E-state index contributed by atoms with van der Waals surface area (Å²) < 4.78 is 7.24. The Morgan fingerprint density at radius 1 is 1.23 bits per heavy atom. The first kappa shape index (κ1) is 15.0. The van der Waals surface area contributed by atoms with Gasteiger partial charge in [-0.2, -0.15) is 5.10 Å². The van der Waals surface area contributed by atoms with E-state index in [0.29, 0.717) is 12.0 Å². The third-order valence-corrected chi connectivity index (χ3v) is 4.52. The average molecular weight is 300 g/mol. The third kappa shape index (κ3) is 2.73. The van der Waals surface area contributed by atoms with E-state index >= 15 is 0 Å². The Morgan fingerprint density at radius 2 is 1.91 bits per heavy atom. The Balaban J connectivity index is 1.88. The van der Waals surface area contributed by atoms with E-state index in [1.54, 1.807) is 7.11 Å². The van der Waals surface area contributed by atoms with Gasteiger partial charge in [0.25, 0.3) is 0 Å². The van der Waals surface area contributed by atoms with Crippen molar-refractivity contribution in [2.24, 2.45) is 0 Å². The molecule has 22 heavy (non-hydrogen) atoms. The van der Waals surface area contributed by atoms with Gasteiger partial charge in [0.1, 0.15) is 11.6 Å². The van der Waals surface area contributed by atoms with Crippen LogP contribution in [0.5, 0.6) is 5.75 Å². The molecule has 0 unspecified atom stereocenters. The van der Waals surface area contributed by atoms with Crippen molar-refractivity contribution in [3.05, 3.63) is 35.9 Å². The Kier molecular flexibility index (Phi) is 4.16. The second kappa shape index (κ2) is 6.08. The number of benzene rings is 1. The molecule has 3 rings (SSSR count). The molecular formula is C17H24N4O. The number of methoxy groups -OCH3 is 1. The summed E-state index contributed by atoms with van der Waals surface area (Å²) in [6, 6.07) is 8.68. The smallest absolute Gasteiger partial charge is 0.151 e. The molecule has 0 aliphatic heterocycles. The Labute approximate surface area is 131 Å². The van der Waals surface area contributed by atoms with E-state index in [1.807, 2.05) is 28.9 Å². The highest BCUT2D eigenvalue weighted by atomic mass is 16.5. The molecule has 0 spiro atoms. The van der Waals surface area contributed by atoms with Crippen LogP contribution in [-0.2, 0) is 6.42 Å². The third-order valence-electron chi connectivity index (χ3n) is 4.52. The lowest BCUT2D eigenvalue weighted by Gasteiger charge is -2.39. The normalized spacial score (nSPS) is 21.0. The molecule has 1 saturated carbocycles. The van der Waals surface area contributed by atoms with Gasteiger partial charge < -0.3 is 9.64 Å². The Bertz CT molecular complexity index is 627. The zero-order valence-corrected chi connectivity index (χ0v) is 13.8. The number of hydrogen-bond acceptors (Lipinski definition) is 4. The molecule has 0 bridgehead atoms. The summed E-state index contributed by atoms with van der Waals surface area (Å²) in [6.07, 6.45) is 3.18. The molecule has 5 nitrogen and oxygen atoms in total. The summed E-state index contributed by atoms with van der Waals surface area (Å²) in [5.41, 5.74) is 1.05. The van der Waals surface area contributed by atoms with Gasteiger partial charge in [0, 0.05) is 18.4 Å². The molecule has 1 aromatic heterocycles. The van der Waals surface area contributed by atoms with Crippen LogP contribution >= 0.6 is 0 Å². The predicted octanol–water partition coefficient (Wildman–Crippen LogP) is 2.65. The first-order chi connectivity index (χ1) is 10.6. The van der Waals surface area contributed by atoms with E-state index in [1.165, 1.54) is 0 Å². The quantitative estimate of drug-likeness (QED) is 0.851. The zero-order chi connectivity index (χ0) is 15.7. The lowest BCUT2D eigenvalue weighted by Crippen LogP contribution is -2.40. The van der Waals surface area contributed by atoms with Crippen LogP contribution in [-0.4, -0.2) is 46.9 Å². The lowest BCUT2D eigenvalue weighted by atomic mass is 9.79. The molecule has 0 saturated heterocycles. The molecule has 1 aliphatic carbocycles. The van der Waals surface area contributed by atoms with E-state index in [4.69, 9.17) is 9.72 Å². The van der Waals surface area contributed by atoms with Crippen molar-refractivity contribution in [3.63, 3.8) is 0 Å². The summed E-state index contributed by atoms with van der Waals surface area (Å²) >= 11 is 0. The summed E-state index contributed by atoms with van der Waals surface area (Å²) in [6.45, 7) is 2.10. The van der Waals surface area contributed by atoms with Crippen LogP contribution in [0.1, 0.15) is 37.3 Å². The van der Waals surface area contributed by atoms with Crippen molar-refractivity contribution in [2.75, 3.05) is 21.2 Å². The van der Waals surface area contributed by atoms with Crippen LogP contribution < -0.4 is 4.74 Å². The Hall–Kier alpha value is -1.88. The van der Waals surface area contributed by atoms with Crippen molar-refractivity contribution in [1.82, 2.24) is 19.7 Å². The van der Waals surface area contributed by atoms with E-state index in [-0.39, 0.29) is 0 Å². The van der Waals surface area contributed by atoms with Gasteiger partial charge in [0.05, 0.1) is 12.8 Å². The van der Waals surface area contributed by atoms with Gasteiger partial charge >= 0.3 is 0 Å². The minimum absolute atomic E-state index is 0.502. The first-order valence-electron chi connectivity index (χ1n) is 7.89. The van der Waals surface area contributed by atoms with Crippen molar-refractivity contribution in [2.45, 2.75) is 38.1 Å². The lowest BCUT2D eigenvalue weighted by molar-refractivity contribution is 0.160. The van der Waals surface area contributed by atoms with E-state index < -0.39 is 0 Å². The fraction of sp³-hybridized carbons (Fsp3) is 0.529. The molecule has 1 fully saturated rings. The Morgan fingerprint density at radius 3 is 2.45 bits per heavy atom. The van der Waals surface area contributed by atoms with Crippen LogP contribution in [0.4, 0.5) is 0 Å². The topological polar surface area (TPSA) is 43.2 Å². The largest absolute Gasteiger partial charge is 0.497 e. The number of rotatable bonds is 5. The highest BCUT2D eigenvalue weighted by Crippen LogP contribution is 2.38.